The van der Waals surface area contributed by atoms with Crippen LogP contribution in [-0.4, -0.2) is 65.4 Å². The number of anilines is 3. The molecule has 234 valence electrons. The molecule has 2 N–H and O–H groups in total. The van der Waals surface area contributed by atoms with E-state index in [1.165, 1.54) is 5.57 Å². The highest BCUT2D eigenvalue weighted by Gasteiger charge is 2.60. The first kappa shape index (κ1) is 31.5. The Hall–Kier alpha value is -2.89. The maximum absolute atomic E-state index is 13.8. The van der Waals surface area contributed by atoms with Crippen molar-refractivity contribution in [2.45, 2.75) is 72.2 Å². The van der Waals surface area contributed by atoms with Crippen LogP contribution in [-0.2, 0) is 10.9 Å². The minimum absolute atomic E-state index is 0.0467. The van der Waals surface area contributed by atoms with Crippen LogP contribution in [0, 0.1) is 10.8 Å². The van der Waals surface area contributed by atoms with E-state index in [1.54, 1.807) is 19.1 Å². The van der Waals surface area contributed by atoms with Crippen LogP contribution in [0.15, 0.2) is 47.6 Å². The predicted octanol–water partition coefficient (Wildman–Crippen LogP) is 7.04. The number of fused-ring (bicyclic) bond motifs is 2. The number of benzene rings is 1. The van der Waals surface area contributed by atoms with Gasteiger partial charge in [-0.1, -0.05) is 56.4 Å². The molecule has 11 heteroatoms. The minimum atomic E-state index is -4.82. The van der Waals surface area contributed by atoms with Crippen LogP contribution in [0.2, 0.25) is 0 Å². The van der Waals surface area contributed by atoms with Crippen molar-refractivity contribution in [1.82, 2.24) is 9.88 Å². The lowest BCUT2D eigenvalue weighted by Gasteiger charge is -2.46. The number of para-hydroxylation sites is 2. The molecule has 2 fully saturated rings. The molecule has 0 radical (unpaired) electrons. The Morgan fingerprint density at radius 1 is 1.21 bits per heavy atom. The second-order valence-corrected chi connectivity index (χ2v) is 14.3. The van der Waals surface area contributed by atoms with Gasteiger partial charge >= 0.3 is 12.1 Å². The highest BCUT2D eigenvalue weighted by atomic mass is 32.1. The van der Waals surface area contributed by atoms with E-state index in [1.807, 2.05) is 24.3 Å². The summed E-state index contributed by atoms with van der Waals surface area (Å²) in [5, 5.41) is 14.6. The summed E-state index contributed by atoms with van der Waals surface area (Å²) in [7, 11) is 0. The summed E-state index contributed by atoms with van der Waals surface area (Å²) < 4.78 is 46.3. The second-order valence-electron chi connectivity index (χ2n) is 13.3. The highest BCUT2D eigenvalue weighted by molar-refractivity contribution is 7.17. The van der Waals surface area contributed by atoms with Crippen molar-refractivity contribution in [2.75, 3.05) is 43.0 Å². The number of carbonyl (C=O) groups excluding carboxylic acids is 1. The van der Waals surface area contributed by atoms with Crippen LogP contribution in [0.5, 0.6) is 0 Å². The lowest BCUT2D eigenvalue weighted by atomic mass is 9.65. The van der Waals surface area contributed by atoms with E-state index in [0.717, 1.165) is 43.7 Å². The fourth-order valence-electron chi connectivity index (χ4n) is 7.23. The highest BCUT2D eigenvalue weighted by Crippen LogP contribution is 2.58. The van der Waals surface area contributed by atoms with E-state index >= 15 is 0 Å². The van der Waals surface area contributed by atoms with Crippen LogP contribution in [0.3, 0.4) is 0 Å². The van der Waals surface area contributed by atoms with Gasteiger partial charge in [-0.05, 0) is 75.4 Å². The van der Waals surface area contributed by atoms with Gasteiger partial charge in [0.05, 0.1) is 29.6 Å². The van der Waals surface area contributed by atoms with Crippen molar-refractivity contribution in [2.24, 2.45) is 10.8 Å². The maximum Gasteiger partial charge on any atom is 0.435 e. The lowest BCUT2D eigenvalue weighted by molar-refractivity contribution is -0.141. The fourth-order valence-corrected chi connectivity index (χ4v) is 8.12. The topological polar surface area (TPSA) is 77.9 Å². The number of nitrogens with zero attached hydrogens (tertiary/aromatic N) is 3. The fraction of sp³-hybridized carbons (Fsp3) is 0.562. The van der Waals surface area contributed by atoms with Crippen molar-refractivity contribution in [3.63, 3.8) is 0 Å². The number of rotatable bonds is 6. The number of carbonyl (C=O) groups is 1. The molecule has 1 aliphatic carbocycles. The number of piperidine rings is 1. The van der Waals surface area contributed by atoms with E-state index in [2.05, 4.69) is 54.7 Å². The van der Waals surface area contributed by atoms with Gasteiger partial charge in [-0.3, -0.25) is 0 Å². The van der Waals surface area contributed by atoms with Crippen LogP contribution < -0.4 is 10.2 Å². The second kappa shape index (κ2) is 11.2. The number of ether oxygens (including phenoxy) is 1. The number of likely N-dealkylation sites (tertiary alicyclic amines) is 1. The van der Waals surface area contributed by atoms with Gasteiger partial charge in [0.15, 0.2) is 10.8 Å². The summed E-state index contributed by atoms with van der Waals surface area (Å²) in [5.74, 6) is -1.05. The molecule has 1 aromatic heterocycles. The molecule has 2 aromatic rings. The molecule has 1 spiro atoms. The number of alkyl halides is 3. The number of aromatic nitrogens is 1. The third kappa shape index (κ3) is 5.83. The van der Waals surface area contributed by atoms with E-state index in [9.17, 15) is 23.1 Å². The van der Waals surface area contributed by atoms with E-state index in [4.69, 9.17) is 4.74 Å². The number of aliphatic hydroxyl groups is 1. The van der Waals surface area contributed by atoms with E-state index in [-0.39, 0.29) is 22.6 Å². The molecule has 1 aromatic carbocycles. The van der Waals surface area contributed by atoms with Gasteiger partial charge in [0.25, 0.3) is 0 Å². The minimum Gasteiger partial charge on any atom is -0.462 e. The normalized spacial score (nSPS) is 24.0. The molecule has 3 heterocycles. The van der Waals surface area contributed by atoms with Crippen LogP contribution in [0.1, 0.15) is 69.7 Å². The van der Waals surface area contributed by atoms with Gasteiger partial charge in [-0.25, -0.2) is 9.78 Å². The first-order chi connectivity index (χ1) is 20.1. The molecule has 2 saturated heterocycles. The molecule has 0 amide bonds. The SMILES string of the molecule is CCOC(=O)c1sc(Nc2ccccc2N2CC3(CCN(CC(C)(C)C)CC3)C3=C(C)C=CC(O)C32C)nc1C(F)(F)F. The Morgan fingerprint density at radius 3 is 2.51 bits per heavy atom. The predicted molar refractivity (Wildman–Crippen MR) is 164 cm³/mol. The van der Waals surface area contributed by atoms with Crippen molar-refractivity contribution in [1.29, 1.82) is 0 Å². The number of aliphatic hydroxyl groups excluding tert-OH is 1. The molecule has 2 unspecified atom stereocenters. The van der Waals surface area contributed by atoms with E-state index in [0.29, 0.717) is 23.6 Å². The molecule has 43 heavy (non-hydrogen) atoms. The first-order valence-electron chi connectivity index (χ1n) is 14.8. The molecule has 2 aliphatic heterocycles. The summed E-state index contributed by atoms with van der Waals surface area (Å²) in [6, 6.07) is 7.39. The number of hydrogen-bond acceptors (Lipinski definition) is 8. The van der Waals surface area contributed by atoms with Gasteiger partial charge in [-0.2, -0.15) is 13.2 Å². The van der Waals surface area contributed by atoms with Gasteiger partial charge in [0.1, 0.15) is 4.88 Å². The number of esters is 1. The van der Waals surface area contributed by atoms with Crippen molar-refractivity contribution in [3.8, 4) is 0 Å². The summed E-state index contributed by atoms with van der Waals surface area (Å²) in [4.78, 5) is 20.3. The van der Waals surface area contributed by atoms with Crippen molar-refractivity contribution in [3.05, 3.63) is 58.1 Å². The maximum atomic E-state index is 13.8. The Kier molecular flexibility index (Phi) is 8.24. The Balaban J connectivity index is 1.52. The quantitative estimate of drug-likeness (QED) is 0.337. The van der Waals surface area contributed by atoms with Gasteiger partial charge in [0.2, 0.25) is 0 Å². The number of nitrogens with one attached hydrogen (secondary N) is 1. The van der Waals surface area contributed by atoms with Crippen LogP contribution >= 0.6 is 11.3 Å². The Labute approximate surface area is 255 Å². The van der Waals surface area contributed by atoms with Crippen molar-refractivity contribution < 1.29 is 27.8 Å². The third-order valence-electron chi connectivity index (χ3n) is 8.86. The van der Waals surface area contributed by atoms with Crippen molar-refractivity contribution >= 4 is 33.8 Å². The first-order valence-corrected chi connectivity index (χ1v) is 15.6. The monoisotopic (exact) mass is 618 g/mol. The lowest BCUT2D eigenvalue weighted by Crippen LogP contribution is -2.52. The third-order valence-corrected chi connectivity index (χ3v) is 9.81. The Bertz CT molecular complexity index is 1440. The van der Waals surface area contributed by atoms with E-state index < -0.39 is 34.4 Å². The average molecular weight is 619 g/mol. The standard InChI is InChI=1S/C32H41F3N4O3S/c1-7-42-27(41)24-26(32(33,34)35)37-28(43-24)36-21-10-8-9-11-22(21)39-19-31(14-16-38(17-15-31)18-29(3,4)5)25-20(2)12-13-23(40)30(25,39)6/h8-13,23,40H,7,14-19H2,1-6H3,(H,36,37). The summed E-state index contributed by atoms with van der Waals surface area (Å²) in [6.07, 6.45) is 0.148. The smallest absolute Gasteiger partial charge is 0.435 e. The van der Waals surface area contributed by atoms with Gasteiger partial charge in [-0.15, -0.1) is 0 Å². The number of thiazole rings is 1. The van der Waals surface area contributed by atoms with Crippen LogP contribution in [0.4, 0.5) is 29.7 Å². The number of allylic oxidation sites excluding steroid dienone is 2. The molecule has 5 rings (SSSR count). The molecule has 0 bridgehead atoms. The molecule has 2 atom stereocenters. The zero-order valence-corrected chi connectivity index (χ0v) is 26.5. The zero-order valence-electron chi connectivity index (χ0n) is 25.6. The number of halogens is 3. The zero-order chi connectivity index (χ0) is 31.4. The van der Waals surface area contributed by atoms with Crippen LogP contribution in [0.25, 0.3) is 0 Å². The van der Waals surface area contributed by atoms with Gasteiger partial charge < -0.3 is 25.0 Å². The van der Waals surface area contributed by atoms with Gasteiger partial charge in [0, 0.05) is 18.5 Å². The molecule has 7 nitrogen and oxygen atoms in total. The molecular weight excluding hydrogens is 577 g/mol. The Morgan fingerprint density at radius 2 is 1.88 bits per heavy atom. The molecule has 3 aliphatic rings. The molecular formula is C32H41F3N4O3S. The summed E-state index contributed by atoms with van der Waals surface area (Å²) in [6.45, 7) is 16.0. The largest absolute Gasteiger partial charge is 0.462 e. The summed E-state index contributed by atoms with van der Waals surface area (Å²) >= 11 is 0.619. The molecule has 0 saturated carbocycles. The number of hydrogen-bond donors (Lipinski definition) is 2. The summed E-state index contributed by atoms with van der Waals surface area (Å²) in [5.41, 5.74) is 1.70. The average Bonchev–Trinajstić information content (AvgIpc) is 3.46.